The molecule has 0 aliphatic rings. The van der Waals surface area contributed by atoms with E-state index in [-0.39, 0.29) is 36.4 Å². The van der Waals surface area contributed by atoms with Crippen molar-refractivity contribution >= 4 is 46.7 Å². The molecule has 6 nitrogen and oxygen atoms in total. The van der Waals surface area contributed by atoms with Gasteiger partial charge in [0.2, 0.25) is 5.91 Å². The number of carbonyl (C=O) groups is 1. The van der Waals surface area contributed by atoms with Crippen LogP contribution in [0.3, 0.4) is 0 Å². The number of rotatable bonds is 7. The topological polar surface area (TPSA) is 72.5 Å². The molecule has 3 rings (SSSR count). The third-order valence-electron chi connectivity index (χ3n) is 4.44. The Hall–Kier alpha value is -2.55. The summed E-state index contributed by atoms with van der Waals surface area (Å²) in [5, 5.41) is 7.66. The molecule has 2 aromatic carbocycles. The number of nitrogens with zero attached hydrogens (tertiary/aromatic N) is 2. The number of hydrogen-bond donors (Lipinski definition) is 3. The number of para-hydroxylation sites is 1. The zero-order valence-electron chi connectivity index (χ0n) is 16.8. The molecule has 0 bridgehead atoms. The Morgan fingerprint density at radius 3 is 2.48 bits per heavy atom. The molecule has 29 heavy (non-hydrogen) atoms. The molecule has 0 unspecified atom stereocenters. The number of amides is 1. The van der Waals surface area contributed by atoms with Gasteiger partial charge >= 0.3 is 0 Å². The molecule has 0 aliphatic carbocycles. The van der Waals surface area contributed by atoms with Gasteiger partial charge in [0.1, 0.15) is 0 Å². The van der Waals surface area contributed by atoms with Gasteiger partial charge in [-0.25, -0.2) is 4.99 Å². The summed E-state index contributed by atoms with van der Waals surface area (Å²) < 4.78 is 0. The van der Waals surface area contributed by atoms with Gasteiger partial charge in [0.15, 0.2) is 5.96 Å². The Morgan fingerprint density at radius 2 is 1.76 bits per heavy atom. The highest BCUT2D eigenvalue weighted by Crippen LogP contribution is 2.14. The van der Waals surface area contributed by atoms with Crippen LogP contribution < -0.4 is 10.6 Å². The van der Waals surface area contributed by atoms with Crippen molar-refractivity contribution in [2.45, 2.75) is 13.0 Å². The Labute approximate surface area is 188 Å². The van der Waals surface area contributed by atoms with Gasteiger partial charge in [0.05, 0.1) is 13.1 Å². The highest BCUT2D eigenvalue weighted by molar-refractivity contribution is 14.0. The summed E-state index contributed by atoms with van der Waals surface area (Å²) in [6.07, 6.45) is 0.836. The quantitative estimate of drug-likeness (QED) is 0.263. The molecule has 1 heterocycles. The Morgan fingerprint density at radius 1 is 1.03 bits per heavy atom. The van der Waals surface area contributed by atoms with E-state index < -0.39 is 0 Å². The largest absolute Gasteiger partial charge is 0.358 e. The van der Waals surface area contributed by atoms with Crippen molar-refractivity contribution in [1.82, 2.24) is 20.5 Å². The van der Waals surface area contributed by atoms with Crippen molar-refractivity contribution in [3.63, 3.8) is 0 Å². The lowest BCUT2D eigenvalue weighted by Gasteiger charge is -2.15. The van der Waals surface area contributed by atoms with Gasteiger partial charge in [-0.15, -0.1) is 24.0 Å². The van der Waals surface area contributed by atoms with Crippen LogP contribution in [0.1, 0.15) is 11.3 Å². The fourth-order valence-electron chi connectivity index (χ4n) is 2.83. The third kappa shape index (κ3) is 7.08. The van der Waals surface area contributed by atoms with E-state index in [1.54, 1.807) is 19.0 Å². The maximum Gasteiger partial charge on any atom is 0.241 e. The second kappa shape index (κ2) is 11.5. The molecular formula is C22H28IN5O. The molecule has 0 atom stereocenters. The van der Waals surface area contributed by atoms with Gasteiger partial charge in [0, 0.05) is 38.3 Å². The molecule has 154 valence electrons. The number of H-pyrrole nitrogens is 1. The maximum atomic E-state index is 11.9. The first-order valence-corrected chi connectivity index (χ1v) is 9.45. The van der Waals surface area contributed by atoms with Crippen molar-refractivity contribution in [2.75, 3.05) is 27.2 Å². The molecule has 3 aromatic rings. The summed E-state index contributed by atoms with van der Waals surface area (Å²) in [6.45, 7) is 1.47. The average molecular weight is 505 g/mol. The molecule has 0 spiro atoms. The number of aromatic amines is 1. The minimum Gasteiger partial charge on any atom is -0.358 e. The lowest BCUT2D eigenvalue weighted by molar-refractivity contribution is -0.127. The summed E-state index contributed by atoms with van der Waals surface area (Å²) in [7, 11) is 3.49. The van der Waals surface area contributed by atoms with E-state index in [2.05, 4.69) is 38.8 Å². The molecule has 0 aliphatic heterocycles. The lowest BCUT2D eigenvalue weighted by Crippen LogP contribution is -2.43. The minimum atomic E-state index is 0. The van der Waals surface area contributed by atoms with E-state index in [9.17, 15) is 4.79 Å². The zero-order chi connectivity index (χ0) is 19.8. The van der Waals surface area contributed by atoms with Crippen LogP contribution in [0.4, 0.5) is 0 Å². The van der Waals surface area contributed by atoms with Gasteiger partial charge in [-0.2, -0.15) is 0 Å². The van der Waals surface area contributed by atoms with Gasteiger partial charge in [-0.3, -0.25) is 4.79 Å². The van der Waals surface area contributed by atoms with E-state index in [0.29, 0.717) is 19.0 Å². The summed E-state index contributed by atoms with van der Waals surface area (Å²) in [6, 6.07) is 20.5. The van der Waals surface area contributed by atoms with Crippen LogP contribution in [0.5, 0.6) is 0 Å². The van der Waals surface area contributed by atoms with Gasteiger partial charge in [0.25, 0.3) is 0 Å². The third-order valence-corrected chi connectivity index (χ3v) is 4.44. The summed E-state index contributed by atoms with van der Waals surface area (Å²) in [4.78, 5) is 21.5. The Bertz CT molecular complexity index is 904. The van der Waals surface area contributed by atoms with E-state index >= 15 is 0 Å². The van der Waals surface area contributed by atoms with Crippen molar-refractivity contribution < 1.29 is 4.79 Å². The number of halogens is 1. The van der Waals surface area contributed by atoms with Gasteiger partial charge < -0.3 is 20.5 Å². The van der Waals surface area contributed by atoms with Crippen LogP contribution in [-0.4, -0.2) is 48.9 Å². The van der Waals surface area contributed by atoms with Crippen molar-refractivity contribution in [1.29, 1.82) is 0 Å². The first kappa shape index (κ1) is 22.7. The molecule has 0 fully saturated rings. The monoisotopic (exact) mass is 505 g/mol. The van der Waals surface area contributed by atoms with E-state index in [1.165, 1.54) is 11.1 Å². The molecule has 3 N–H and O–H groups in total. The fourth-order valence-corrected chi connectivity index (χ4v) is 2.83. The Balaban J connectivity index is 0.00000300. The number of guanidine groups is 1. The highest BCUT2D eigenvalue weighted by atomic mass is 127. The fraction of sp³-hybridized carbons (Fsp3) is 0.273. The van der Waals surface area contributed by atoms with Crippen molar-refractivity contribution in [2.24, 2.45) is 4.99 Å². The molecule has 7 heteroatoms. The predicted octanol–water partition coefficient (Wildman–Crippen LogP) is 3.15. The molecule has 0 radical (unpaired) electrons. The number of fused-ring (bicyclic) bond motifs is 1. The van der Waals surface area contributed by atoms with Crippen LogP contribution >= 0.6 is 24.0 Å². The lowest BCUT2D eigenvalue weighted by atomic mass is 10.2. The second-order valence-electron chi connectivity index (χ2n) is 6.85. The van der Waals surface area contributed by atoms with Crippen LogP contribution in [0, 0.1) is 0 Å². The number of carbonyl (C=O) groups excluding carboxylic acids is 1. The summed E-state index contributed by atoms with van der Waals surface area (Å²) in [5.74, 6) is 0.639. The SMILES string of the molecule is CN(C)C(=O)CNC(=NCc1ccccc1)NCCc1cc2ccccc2[nH]1.I. The highest BCUT2D eigenvalue weighted by Gasteiger charge is 2.06. The number of likely N-dealkylation sites (N-methyl/N-ethyl adjacent to an activating group) is 1. The zero-order valence-corrected chi connectivity index (χ0v) is 19.1. The number of nitrogens with one attached hydrogen (secondary N) is 3. The number of aliphatic imine (C=N–C) groups is 1. The molecule has 0 saturated carbocycles. The normalized spacial score (nSPS) is 11.0. The van der Waals surface area contributed by atoms with Gasteiger partial charge in [-0.05, 0) is 23.1 Å². The first-order chi connectivity index (χ1) is 13.6. The average Bonchev–Trinajstić information content (AvgIpc) is 3.12. The minimum absolute atomic E-state index is 0. The van der Waals surface area contributed by atoms with E-state index in [1.807, 2.05) is 42.5 Å². The number of aromatic nitrogens is 1. The van der Waals surface area contributed by atoms with Crippen molar-refractivity contribution in [3.05, 3.63) is 71.9 Å². The number of benzene rings is 2. The number of hydrogen-bond acceptors (Lipinski definition) is 2. The predicted molar refractivity (Wildman–Crippen MR) is 130 cm³/mol. The maximum absolute atomic E-state index is 11.9. The van der Waals surface area contributed by atoms with E-state index in [0.717, 1.165) is 17.5 Å². The second-order valence-corrected chi connectivity index (χ2v) is 6.85. The summed E-state index contributed by atoms with van der Waals surface area (Å²) in [5.41, 5.74) is 3.43. The standard InChI is InChI=1S/C22H27N5O.HI/c1-27(2)21(28)16-25-22(24-15-17-8-4-3-5-9-17)23-13-12-19-14-18-10-6-7-11-20(18)26-19;/h3-11,14,26H,12-13,15-16H2,1-2H3,(H2,23,24,25);1H. The molecule has 0 saturated heterocycles. The molecule has 1 amide bonds. The first-order valence-electron chi connectivity index (χ1n) is 9.45. The van der Waals surface area contributed by atoms with E-state index in [4.69, 9.17) is 0 Å². The smallest absolute Gasteiger partial charge is 0.241 e. The summed E-state index contributed by atoms with van der Waals surface area (Å²) >= 11 is 0. The Kier molecular flexibility index (Phi) is 8.98. The van der Waals surface area contributed by atoms with Crippen LogP contribution in [0.25, 0.3) is 10.9 Å². The van der Waals surface area contributed by atoms with Gasteiger partial charge in [-0.1, -0.05) is 48.5 Å². The molecule has 1 aromatic heterocycles. The van der Waals surface area contributed by atoms with Crippen molar-refractivity contribution in [3.8, 4) is 0 Å². The van der Waals surface area contributed by atoms with Crippen LogP contribution in [-0.2, 0) is 17.8 Å². The van der Waals surface area contributed by atoms with Crippen LogP contribution in [0.15, 0.2) is 65.7 Å². The molecular weight excluding hydrogens is 477 g/mol. The van der Waals surface area contributed by atoms with Crippen LogP contribution in [0.2, 0.25) is 0 Å².